The van der Waals surface area contributed by atoms with Crippen molar-refractivity contribution in [3.63, 3.8) is 0 Å². The number of nitrogens with one attached hydrogen (secondary N) is 1. The normalized spacial score (nSPS) is 12.6. The highest BCUT2D eigenvalue weighted by molar-refractivity contribution is 5.99. The lowest BCUT2D eigenvalue weighted by Crippen LogP contribution is -2.49. The van der Waals surface area contributed by atoms with Crippen molar-refractivity contribution in [2.24, 2.45) is 5.41 Å². The molecule has 0 bridgehead atoms. The van der Waals surface area contributed by atoms with Gasteiger partial charge in [-0.1, -0.05) is 26.8 Å². The molecule has 0 radical (unpaired) electrons. The van der Waals surface area contributed by atoms with E-state index in [-0.39, 0.29) is 17.1 Å². The summed E-state index contributed by atoms with van der Waals surface area (Å²) in [5.41, 5.74) is -0.685. The number of amides is 1. The SMILES string of the molecule is COc1cccc(C(=O)NC(C(=O)O)C(C)(C)C)c1O. The molecule has 110 valence electrons. The Hall–Kier alpha value is -2.24. The van der Waals surface area contributed by atoms with Gasteiger partial charge in [0.25, 0.3) is 5.91 Å². The molecule has 0 fully saturated rings. The Balaban J connectivity index is 3.05. The van der Waals surface area contributed by atoms with Crippen LogP contribution in [0.4, 0.5) is 0 Å². The second-order valence-corrected chi connectivity index (χ2v) is 5.47. The van der Waals surface area contributed by atoms with Crippen LogP contribution >= 0.6 is 0 Å². The van der Waals surface area contributed by atoms with Crippen molar-refractivity contribution in [1.29, 1.82) is 0 Å². The molecular formula is C14H19NO5. The lowest BCUT2D eigenvalue weighted by molar-refractivity contribution is -0.142. The third-order valence-electron chi connectivity index (χ3n) is 2.85. The number of phenolic OH excluding ortho intramolecular Hbond substituents is 1. The maximum atomic E-state index is 12.1. The van der Waals surface area contributed by atoms with Crippen LogP contribution in [0, 0.1) is 5.41 Å². The van der Waals surface area contributed by atoms with Gasteiger partial charge in [-0.25, -0.2) is 4.79 Å². The van der Waals surface area contributed by atoms with Crippen LogP contribution in [-0.2, 0) is 4.79 Å². The highest BCUT2D eigenvalue weighted by Crippen LogP contribution is 2.29. The first-order chi connectivity index (χ1) is 9.18. The quantitative estimate of drug-likeness (QED) is 0.779. The van der Waals surface area contributed by atoms with Gasteiger partial charge in [0, 0.05) is 0 Å². The Labute approximate surface area is 117 Å². The molecule has 0 saturated carbocycles. The highest BCUT2D eigenvalue weighted by Gasteiger charge is 2.33. The van der Waals surface area contributed by atoms with E-state index >= 15 is 0 Å². The smallest absolute Gasteiger partial charge is 0.326 e. The molecule has 6 nitrogen and oxygen atoms in total. The largest absolute Gasteiger partial charge is 0.504 e. The average molecular weight is 281 g/mol. The molecule has 0 heterocycles. The fraction of sp³-hybridized carbons (Fsp3) is 0.429. The number of phenols is 1. The highest BCUT2D eigenvalue weighted by atomic mass is 16.5. The average Bonchev–Trinajstić information content (AvgIpc) is 2.34. The fourth-order valence-corrected chi connectivity index (χ4v) is 1.73. The van der Waals surface area contributed by atoms with Gasteiger partial charge in [-0.05, 0) is 17.5 Å². The zero-order chi connectivity index (χ0) is 15.5. The predicted octanol–water partition coefficient (Wildman–Crippen LogP) is 1.63. The number of hydrogen-bond acceptors (Lipinski definition) is 4. The molecule has 1 atom stereocenters. The van der Waals surface area contributed by atoms with E-state index < -0.39 is 23.3 Å². The number of aliphatic carboxylic acids is 1. The molecule has 0 aliphatic rings. The number of para-hydroxylation sites is 1. The molecule has 3 N–H and O–H groups in total. The van der Waals surface area contributed by atoms with E-state index in [2.05, 4.69) is 5.32 Å². The maximum Gasteiger partial charge on any atom is 0.326 e. The van der Waals surface area contributed by atoms with Crippen molar-refractivity contribution >= 4 is 11.9 Å². The number of aromatic hydroxyl groups is 1. The van der Waals surface area contributed by atoms with Crippen LogP contribution in [-0.4, -0.2) is 35.2 Å². The van der Waals surface area contributed by atoms with E-state index in [9.17, 15) is 19.8 Å². The van der Waals surface area contributed by atoms with Gasteiger partial charge in [0.15, 0.2) is 11.5 Å². The zero-order valence-electron chi connectivity index (χ0n) is 11.9. The molecule has 0 spiro atoms. The second kappa shape index (κ2) is 5.81. The Kier molecular flexibility index (Phi) is 4.60. The first-order valence-corrected chi connectivity index (χ1v) is 6.08. The van der Waals surface area contributed by atoms with E-state index in [0.717, 1.165) is 0 Å². The minimum absolute atomic E-state index is 0.0279. The van der Waals surface area contributed by atoms with Gasteiger partial charge in [0.2, 0.25) is 0 Å². The third kappa shape index (κ3) is 3.40. The van der Waals surface area contributed by atoms with E-state index in [1.807, 2.05) is 0 Å². The molecule has 1 aromatic rings. The number of benzene rings is 1. The standard InChI is InChI=1S/C14H19NO5/c1-14(2,3)11(13(18)19)15-12(17)8-6-5-7-9(20-4)10(8)16/h5-7,11,16H,1-4H3,(H,15,17)(H,18,19). The van der Waals surface area contributed by atoms with Gasteiger partial charge >= 0.3 is 5.97 Å². The van der Waals surface area contributed by atoms with Gasteiger partial charge in [-0.2, -0.15) is 0 Å². The predicted molar refractivity (Wildman–Crippen MR) is 73.0 cm³/mol. The summed E-state index contributed by atoms with van der Waals surface area (Å²) < 4.78 is 4.91. The summed E-state index contributed by atoms with van der Waals surface area (Å²) in [7, 11) is 1.37. The molecule has 20 heavy (non-hydrogen) atoms. The number of carbonyl (C=O) groups is 2. The van der Waals surface area contributed by atoms with Crippen LogP contribution in [0.5, 0.6) is 11.5 Å². The monoisotopic (exact) mass is 281 g/mol. The fourth-order valence-electron chi connectivity index (χ4n) is 1.73. The van der Waals surface area contributed by atoms with Crippen LogP contribution in [0.15, 0.2) is 18.2 Å². The topological polar surface area (TPSA) is 95.9 Å². The summed E-state index contributed by atoms with van der Waals surface area (Å²) in [4.78, 5) is 23.3. The van der Waals surface area contributed by atoms with Crippen LogP contribution in [0.2, 0.25) is 0 Å². The Morgan fingerprint density at radius 2 is 1.90 bits per heavy atom. The summed E-state index contributed by atoms with van der Waals surface area (Å²) >= 11 is 0. The number of ether oxygens (including phenoxy) is 1. The number of hydrogen-bond donors (Lipinski definition) is 3. The summed E-state index contributed by atoms with van der Waals surface area (Å²) in [5.74, 6) is -1.96. The van der Waals surface area contributed by atoms with Crippen molar-refractivity contribution in [2.75, 3.05) is 7.11 Å². The molecule has 0 aromatic heterocycles. The summed E-state index contributed by atoms with van der Waals surface area (Å²) in [5, 5.41) is 21.5. The number of carboxylic acids is 1. The van der Waals surface area contributed by atoms with Crippen LogP contribution in [0.1, 0.15) is 31.1 Å². The van der Waals surface area contributed by atoms with Crippen LogP contribution < -0.4 is 10.1 Å². The van der Waals surface area contributed by atoms with Gasteiger partial charge in [0.05, 0.1) is 12.7 Å². The second-order valence-electron chi connectivity index (χ2n) is 5.47. The van der Waals surface area contributed by atoms with Gasteiger partial charge in [-0.3, -0.25) is 4.79 Å². The third-order valence-corrected chi connectivity index (χ3v) is 2.85. The molecule has 0 saturated heterocycles. The lowest BCUT2D eigenvalue weighted by Gasteiger charge is -2.27. The van der Waals surface area contributed by atoms with Crippen molar-refractivity contribution in [2.45, 2.75) is 26.8 Å². The van der Waals surface area contributed by atoms with Gasteiger partial charge in [0.1, 0.15) is 6.04 Å². The molecule has 1 aromatic carbocycles. The minimum Gasteiger partial charge on any atom is -0.504 e. The van der Waals surface area contributed by atoms with Crippen molar-refractivity contribution in [1.82, 2.24) is 5.32 Å². The minimum atomic E-state index is -1.13. The van der Waals surface area contributed by atoms with E-state index in [4.69, 9.17) is 4.74 Å². The van der Waals surface area contributed by atoms with Crippen molar-refractivity contribution < 1.29 is 24.5 Å². The van der Waals surface area contributed by atoms with E-state index in [0.29, 0.717) is 0 Å². The molecular weight excluding hydrogens is 262 g/mol. The summed E-state index contributed by atoms with van der Waals surface area (Å²) in [6, 6.07) is 3.38. The molecule has 1 amide bonds. The lowest BCUT2D eigenvalue weighted by atomic mass is 9.86. The van der Waals surface area contributed by atoms with E-state index in [1.54, 1.807) is 26.8 Å². The molecule has 0 aliphatic heterocycles. The maximum absolute atomic E-state index is 12.1. The van der Waals surface area contributed by atoms with Crippen molar-refractivity contribution in [3.8, 4) is 11.5 Å². The summed E-state index contributed by atoms with van der Waals surface area (Å²) in [6.07, 6.45) is 0. The van der Waals surface area contributed by atoms with E-state index in [1.165, 1.54) is 19.2 Å². The first kappa shape index (κ1) is 15.8. The van der Waals surface area contributed by atoms with Gasteiger partial charge < -0.3 is 20.3 Å². The number of rotatable bonds is 4. The number of methoxy groups -OCH3 is 1. The zero-order valence-corrected chi connectivity index (χ0v) is 11.9. The molecule has 1 rings (SSSR count). The van der Waals surface area contributed by atoms with Crippen LogP contribution in [0.25, 0.3) is 0 Å². The first-order valence-electron chi connectivity index (χ1n) is 6.08. The summed E-state index contributed by atoms with van der Waals surface area (Å²) in [6.45, 7) is 5.12. The number of carboxylic acid groups (broad SMARTS) is 1. The van der Waals surface area contributed by atoms with Crippen LogP contribution in [0.3, 0.4) is 0 Å². The van der Waals surface area contributed by atoms with Crippen molar-refractivity contribution in [3.05, 3.63) is 23.8 Å². The Bertz CT molecular complexity index is 519. The number of carbonyl (C=O) groups excluding carboxylic acids is 1. The van der Waals surface area contributed by atoms with Gasteiger partial charge in [-0.15, -0.1) is 0 Å². The Morgan fingerprint density at radius 3 is 2.35 bits per heavy atom. The Morgan fingerprint density at radius 1 is 1.30 bits per heavy atom. The molecule has 6 heteroatoms. The molecule has 0 aliphatic carbocycles. The molecule has 1 unspecified atom stereocenters.